The fourth-order valence-electron chi connectivity index (χ4n) is 1.12. The first-order valence-electron chi connectivity index (χ1n) is 4.09. The number of nitrogens with one attached hydrogen (secondary N) is 1. The van der Waals surface area contributed by atoms with Gasteiger partial charge in [-0.25, -0.2) is 4.39 Å². The van der Waals surface area contributed by atoms with Crippen molar-refractivity contribution in [2.45, 2.75) is 19.9 Å². The Morgan fingerprint density at radius 3 is 3.00 bits per heavy atom. The summed E-state index contributed by atoms with van der Waals surface area (Å²) >= 11 is 0. The van der Waals surface area contributed by atoms with Crippen LogP contribution in [-0.2, 0) is 0 Å². The van der Waals surface area contributed by atoms with E-state index in [1.54, 1.807) is 12.3 Å². The Kier molecular flexibility index (Phi) is 3.17. The number of nitrogens with zero attached hydrogens (tertiary/aromatic N) is 1. The quantitative estimate of drug-likeness (QED) is 0.745. The number of hydrogen-bond donors (Lipinski definition) is 1. The van der Waals surface area contributed by atoms with Gasteiger partial charge in [0.2, 0.25) is 0 Å². The maximum atomic E-state index is 13.1. The van der Waals surface area contributed by atoms with Crippen molar-refractivity contribution >= 4 is 0 Å². The van der Waals surface area contributed by atoms with Gasteiger partial charge in [-0.15, -0.1) is 0 Å². The SMILES string of the molecule is CCN[C@H](C)c1ncccc1F. The van der Waals surface area contributed by atoms with Crippen molar-refractivity contribution in [2.75, 3.05) is 6.54 Å². The van der Waals surface area contributed by atoms with Crippen LogP contribution in [0.15, 0.2) is 18.3 Å². The van der Waals surface area contributed by atoms with Gasteiger partial charge in [-0.05, 0) is 25.6 Å². The summed E-state index contributed by atoms with van der Waals surface area (Å²) in [7, 11) is 0. The molecule has 0 saturated heterocycles. The lowest BCUT2D eigenvalue weighted by Crippen LogP contribution is -2.19. The zero-order valence-electron chi connectivity index (χ0n) is 7.34. The van der Waals surface area contributed by atoms with Crippen LogP contribution < -0.4 is 5.32 Å². The molecule has 3 heteroatoms. The van der Waals surface area contributed by atoms with Crippen LogP contribution in [0.5, 0.6) is 0 Å². The fourth-order valence-corrected chi connectivity index (χ4v) is 1.12. The van der Waals surface area contributed by atoms with Crippen LogP contribution in [0.2, 0.25) is 0 Å². The van der Waals surface area contributed by atoms with Gasteiger partial charge in [0.1, 0.15) is 5.82 Å². The molecular weight excluding hydrogens is 155 g/mol. The molecule has 0 bridgehead atoms. The third kappa shape index (κ3) is 2.01. The molecule has 0 spiro atoms. The average molecular weight is 168 g/mol. The van der Waals surface area contributed by atoms with E-state index in [0.717, 1.165) is 6.54 Å². The second-order valence-corrected chi connectivity index (χ2v) is 2.65. The fraction of sp³-hybridized carbons (Fsp3) is 0.444. The number of hydrogen-bond acceptors (Lipinski definition) is 2. The van der Waals surface area contributed by atoms with Crippen molar-refractivity contribution in [3.63, 3.8) is 0 Å². The molecule has 12 heavy (non-hydrogen) atoms. The first kappa shape index (κ1) is 9.13. The number of aromatic nitrogens is 1. The molecule has 0 saturated carbocycles. The highest BCUT2D eigenvalue weighted by Gasteiger charge is 2.09. The molecule has 0 aliphatic rings. The Hall–Kier alpha value is -0.960. The number of pyridine rings is 1. The van der Waals surface area contributed by atoms with E-state index in [-0.39, 0.29) is 11.9 Å². The van der Waals surface area contributed by atoms with Gasteiger partial charge < -0.3 is 5.32 Å². The molecule has 0 aromatic carbocycles. The molecule has 1 N–H and O–H groups in total. The van der Waals surface area contributed by atoms with Crippen LogP contribution in [-0.4, -0.2) is 11.5 Å². The summed E-state index contributed by atoms with van der Waals surface area (Å²) in [6.07, 6.45) is 1.60. The van der Waals surface area contributed by atoms with Crippen molar-refractivity contribution < 1.29 is 4.39 Å². The smallest absolute Gasteiger partial charge is 0.146 e. The highest BCUT2D eigenvalue weighted by Crippen LogP contribution is 2.12. The standard InChI is InChI=1S/C9H13FN2/c1-3-11-7(2)9-8(10)5-4-6-12-9/h4-7,11H,3H2,1-2H3/t7-/m1/s1. The molecule has 0 unspecified atom stereocenters. The summed E-state index contributed by atoms with van der Waals surface area (Å²) in [5.74, 6) is -0.244. The van der Waals surface area contributed by atoms with Crippen LogP contribution in [0.25, 0.3) is 0 Å². The van der Waals surface area contributed by atoms with Crippen LogP contribution in [0.4, 0.5) is 4.39 Å². The predicted molar refractivity (Wildman–Crippen MR) is 46.3 cm³/mol. The lowest BCUT2D eigenvalue weighted by Gasteiger charge is -2.11. The first-order valence-corrected chi connectivity index (χ1v) is 4.09. The Bertz CT molecular complexity index is 250. The normalized spacial score (nSPS) is 12.9. The van der Waals surface area contributed by atoms with Gasteiger partial charge in [-0.3, -0.25) is 4.98 Å². The molecular formula is C9H13FN2. The minimum atomic E-state index is -0.244. The van der Waals surface area contributed by atoms with Gasteiger partial charge in [-0.1, -0.05) is 6.92 Å². The van der Waals surface area contributed by atoms with Crippen LogP contribution in [0.1, 0.15) is 25.6 Å². The molecule has 0 fully saturated rings. The Balaban J connectivity index is 2.79. The summed E-state index contributed by atoms with van der Waals surface area (Å²) in [6, 6.07) is 3.00. The van der Waals surface area contributed by atoms with E-state index in [1.165, 1.54) is 6.07 Å². The Labute approximate surface area is 71.8 Å². The maximum absolute atomic E-state index is 13.1. The lowest BCUT2D eigenvalue weighted by molar-refractivity contribution is 0.524. The second kappa shape index (κ2) is 4.16. The van der Waals surface area contributed by atoms with E-state index in [4.69, 9.17) is 0 Å². The van der Waals surface area contributed by atoms with Gasteiger partial charge in [0.15, 0.2) is 0 Å². The number of rotatable bonds is 3. The minimum Gasteiger partial charge on any atom is -0.309 e. The summed E-state index contributed by atoms with van der Waals surface area (Å²) in [4.78, 5) is 3.96. The molecule has 1 aromatic rings. The maximum Gasteiger partial charge on any atom is 0.146 e. The third-order valence-corrected chi connectivity index (χ3v) is 1.71. The molecule has 66 valence electrons. The largest absolute Gasteiger partial charge is 0.309 e. The molecule has 1 atom stereocenters. The molecule has 0 radical (unpaired) electrons. The molecule has 0 amide bonds. The van der Waals surface area contributed by atoms with E-state index in [1.807, 2.05) is 13.8 Å². The Morgan fingerprint density at radius 2 is 2.42 bits per heavy atom. The minimum absolute atomic E-state index is 0.0174. The third-order valence-electron chi connectivity index (χ3n) is 1.71. The predicted octanol–water partition coefficient (Wildman–Crippen LogP) is 1.89. The van der Waals surface area contributed by atoms with Crippen molar-refractivity contribution in [2.24, 2.45) is 0 Å². The second-order valence-electron chi connectivity index (χ2n) is 2.65. The average Bonchev–Trinajstić information content (AvgIpc) is 2.05. The zero-order chi connectivity index (χ0) is 8.97. The van der Waals surface area contributed by atoms with Gasteiger partial charge in [0, 0.05) is 12.2 Å². The van der Waals surface area contributed by atoms with Gasteiger partial charge in [-0.2, -0.15) is 0 Å². The molecule has 0 aliphatic heterocycles. The topological polar surface area (TPSA) is 24.9 Å². The highest BCUT2D eigenvalue weighted by atomic mass is 19.1. The van der Waals surface area contributed by atoms with Crippen LogP contribution in [0, 0.1) is 5.82 Å². The van der Waals surface area contributed by atoms with E-state index >= 15 is 0 Å². The van der Waals surface area contributed by atoms with Crippen molar-refractivity contribution in [1.29, 1.82) is 0 Å². The van der Waals surface area contributed by atoms with Crippen molar-refractivity contribution in [3.05, 3.63) is 29.8 Å². The summed E-state index contributed by atoms with van der Waals surface area (Å²) in [6.45, 7) is 4.70. The van der Waals surface area contributed by atoms with E-state index in [2.05, 4.69) is 10.3 Å². The molecule has 0 aliphatic carbocycles. The molecule has 1 rings (SSSR count). The van der Waals surface area contributed by atoms with E-state index in [0.29, 0.717) is 5.69 Å². The first-order chi connectivity index (χ1) is 5.75. The monoisotopic (exact) mass is 168 g/mol. The van der Waals surface area contributed by atoms with Crippen LogP contribution >= 0.6 is 0 Å². The van der Waals surface area contributed by atoms with Gasteiger partial charge >= 0.3 is 0 Å². The van der Waals surface area contributed by atoms with Gasteiger partial charge in [0.05, 0.1) is 5.69 Å². The zero-order valence-corrected chi connectivity index (χ0v) is 7.34. The summed E-state index contributed by atoms with van der Waals surface area (Å²) in [5, 5.41) is 3.10. The molecule has 1 aromatic heterocycles. The molecule has 2 nitrogen and oxygen atoms in total. The van der Waals surface area contributed by atoms with Crippen molar-refractivity contribution in [3.8, 4) is 0 Å². The highest BCUT2D eigenvalue weighted by molar-refractivity contribution is 5.10. The van der Waals surface area contributed by atoms with Crippen molar-refractivity contribution in [1.82, 2.24) is 10.3 Å². The van der Waals surface area contributed by atoms with Crippen LogP contribution in [0.3, 0.4) is 0 Å². The lowest BCUT2D eigenvalue weighted by atomic mass is 10.2. The summed E-state index contributed by atoms with van der Waals surface area (Å²) in [5.41, 5.74) is 0.486. The summed E-state index contributed by atoms with van der Waals surface area (Å²) < 4.78 is 13.1. The van der Waals surface area contributed by atoms with E-state index in [9.17, 15) is 4.39 Å². The molecule has 1 heterocycles. The number of halogens is 1. The Morgan fingerprint density at radius 1 is 1.67 bits per heavy atom. The van der Waals surface area contributed by atoms with E-state index < -0.39 is 0 Å². The van der Waals surface area contributed by atoms with Gasteiger partial charge in [0.25, 0.3) is 0 Å².